The average Bonchev–Trinajstić information content (AvgIpc) is 3.31. The number of carbonyl (C=O) groups excluding carboxylic acids is 6. The molecule has 0 aliphatic heterocycles. The van der Waals surface area contributed by atoms with Crippen LogP contribution in [0, 0.1) is 6.92 Å². The standard InChI is InChI=1S/C50H83N5O14/c1-39-25-27-40(28-26-39)49(63)52-29-17-16-22-43(47(51)62)54-45(59)38-69-35-33-67-31-19-21-42(57)37-68-34-32-66-30-18-20-41(56)36-53-48(50(64)65)55-44(58)23-14-12-10-8-6-4-2-3-5-7-9-11-13-15-24-46(60)61/h25-28,43,48,53H,2-24,29-38H2,1H3,(H2,51,62)(H,52,63)(H,54,59)(H,55,58)(H,60,61)(H,64,65). The van der Waals surface area contributed by atoms with Crippen molar-refractivity contribution in [1.82, 2.24) is 21.3 Å². The summed E-state index contributed by atoms with van der Waals surface area (Å²) in [5.74, 6) is -4.01. The van der Waals surface area contributed by atoms with Crippen molar-refractivity contribution in [3.05, 3.63) is 35.4 Å². The maximum absolute atomic E-state index is 12.3. The third-order valence-corrected chi connectivity index (χ3v) is 11.0. The zero-order chi connectivity index (χ0) is 50.7. The van der Waals surface area contributed by atoms with Crippen LogP contribution >= 0.6 is 0 Å². The number of unbranched alkanes of at least 4 members (excludes halogenated alkanes) is 14. The summed E-state index contributed by atoms with van der Waals surface area (Å²) in [6.07, 6.45) is 16.8. The number of benzene rings is 1. The fourth-order valence-corrected chi connectivity index (χ4v) is 7.03. The molecule has 2 atom stereocenters. The molecule has 1 rings (SSSR count). The minimum absolute atomic E-state index is 0.0755. The first kappa shape index (κ1) is 62.2. The number of ether oxygens (including phenoxy) is 4. The number of rotatable bonds is 48. The number of carbonyl (C=O) groups is 8. The maximum atomic E-state index is 12.3. The van der Waals surface area contributed by atoms with Gasteiger partial charge in [-0.05, 0) is 64.0 Å². The number of aryl methyl sites for hydroxylation is 1. The molecular weight excluding hydrogens is 895 g/mol. The predicted octanol–water partition coefficient (Wildman–Crippen LogP) is 5.07. The van der Waals surface area contributed by atoms with E-state index in [9.17, 15) is 43.5 Å². The number of primary amides is 1. The van der Waals surface area contributed by atoms with Crippen molar-refractivity contribution in [2.75, 3.05) is 65.9 Å². The molecule has 0 fully saturated rings. The SMILES string of the molecule is Cc1ccc(C(=O)NCCCCC(NC(=O)COCCOCCCC(=O)COCCOCCCC(=O)CNC(NC(=O)CCCCCCCCCCCCCCCCC(=O)O)C(=O)O)C(N)=O)cc1. The van der Waals surface area contributed by atoms with Crippen molar-refractivity contribution >= 4 is 47.1 Å². The molecule has 0 saturated heterocycles. The summed E-state index contributed by atoms with van der Waals surface area (Å²) in [5.41, 5.74) is 7.08. The lowest BCUT2D eigenvalue weighted by atomic mass is 10.0. The quantitative estimate of drug-likeness (QED) is 0.0331. The lowest BCUT2D eigenvalue weighted by Gasteiger charge is -2.16. The fourth-order valence-electron chi connectivity index (χ4n) is 7.03. The van der Waals surface area contributed by atoms with Gasteiger partial charge in [0.25, 0.3) is 5.91 Å². The molecule has 0 radical (unpaired) electrons. The molecule has 69 heavy (non-hydrogen) atoms. The highest BCUT2D eigenvalue weighted by atomic mass is 16.5. The van der Waals surface area contributed by atoms with E-state index in [1.807, 2.05) is 19.1 Å². The second-order valence-electron chi connectivity index (χ2n) is 17.3. The van der Waals surface area contributed by atoms with Crippen LogP contribution < -0.4 is 27.0 Å². The lowest BCUT2D eigenvalue weighted by molar-refractivity contribution is -0.143. The van der Waals surface area contributed by atoms with E-state index in [0.29, 0.717) is 57.2 Å². The minimum atomic E-state index is -1.36. The molecule has 19 nitrogen and oxygen atoms in total. The van der Waals surface area contributed by atoms with Gasteiger partial charge in [0.05, 0.1) is 33.0 Å². The molecular formula is C50H83N5O14. The Hall–Kier alpha value is -4.82. The van der Waals surface area contributed by atoms with Crippen LogP contribution in [0.3, 0.4) is 0 Å². The maximum Gasteiger partial charge on any atom is 0.341 e. The summed E-state index contributed by atoms with van der Waals surface area (Å²) in [6, 6.07) is 6.38. The van der Waals surface area contributed by atoms with Gasteiger partial charge in [0.2, 0.25) is 17.7 Å². The summed E-state index contributed by atoms with van der Waals surface area (Å²) < 4.78 is 21.6. The molecule has 4 amide bonds. The van der Waals surface area contributed by atoms with Gasteiger partial charge in [0, 0.05) is 51.0 Å². The summed E-state index contributed by atoms with van der Waals surface area (Å²) in [7, 11) is 0. The van der Waals surface area contributed by atoms with Gasteiger partial charge in [-0.3, -0.25) is 38.9 Å². The van der Waals surface area contributed by atoms with Gasteiger partial charge in [-0.25, -0.2) is 4.79 Å². The van der Waals surface area contributed by atoms with Crippen molar-refractivity contribution in [3.63, 3.8) is 0 Å². The van der Waals surface area contributed by atoms with Crippen LogP contribution in [0.2, 0.25) is 0 Å². The predicted molar refractivity (Wildman–Crippen MR) is 259 cm³/mol. The fraction of sp³-hybridized carbons (Fsp3) is 0.720. The van der Waals surface area contributed by atoms with Crippen molar-refractivity contribution in [2.45, 2.75) is 167 Å². The van der Waals surface area contributed by atoms with Crippen LogP contribution in [0.15, 0.2) is 24.3 Å². The first-order valence-corrected chi connectivity index (χ1v) is 25.0. The molecule has 0 aliphatic carbocycles. The first-order chi connectivity index (χ1) is 33.3. The van der Waals surface area contributed by atoms with Crippen molar-refractivity contribution < 1.29 is 67.5 Å². The zero-order valence-corrected chi connectivity index (χ0v) is 41.2. The number of nitrogens with two attached hydrogens (primary N) is 1. The van der Waals surface area contributed by atoms with Crippen LogP contribution in [-0.2, 0) is 52.5 Å². The Morgan fingerprint density at radius 3 is 1.58 bits per heavy atom. The van der Waals surface area contributed by atoms with Gasteiger partial charge in [0.1, 0.15) is 25.0 Å². The molecule has 0 heterocycles. The molecule has 1 aromatic carbocycles. The summed E-state index contributed by atoms with van der Waals surface area (Å²) in [4.78, 5) is 95.2. The molecule has 8 N–H and O–H groups in total. The molecule has 0 bridgehead atoms. The highest BCUT2D eigenvalue weighted by molar-refractivity contribution is 5.94. The highest BCUT2D eigenvalue weighted by Crippen LogP contribution is 2.14. The Morgan fingerprint density at radius 2 is 1.04 bits per heavy atom. The van der Waals surface area contributed by atoms with Crippen molar-refractivity contribution in [3.8, 4) is 0 Å². The number of hydrogen-bond donors (Lipinski definition) is 7. The molecule has 0 spiro atoms. The number of carboxylic acid groups (broad SMARTS) is 2. The number of ketones is 2. The number of hydrogen-bond acceptors (Lipinski definition) is 13. The van der Waals surface area contributed by atoms with E-state index in [4.69, 9.17) is 29.8 Å². The van der Waals surface area contributed by atoms with Gasteiger partial charge in [-0.1, -0.05) is 94.7 Å². The molecule has 1 aromatic rings. The van der Waals surface area contributed by atoms with Gasteiger partial charge in [-0.2, -0.15) is 0 Å². The van der Waals surface area contributed by atoms with E-state index < -0.39 is 36.0 Å². The molecule has 0 aromatic heterocycles. The van der Waals surface area contributed by atoms with Gasteiger partial charge in [0.15, 0.2) is 11.9 Å². The Bertz CT molecular complexity index is 1610. The van der Waals surface area contributed by atoms with Gasteiger partial charge < -0.3 is 50.8 Å². The van der Waals surface area contributed by atoms with E-state index in [1.54, 1.807) is 12.1 Å². The van der Waals surface area contributed by atoms with Crippen molar-refractivity contribution in [1.29, 1.82) is 0 Å². The summed E-state index contributed by atoms with van der Waals surface area (Å²) >= 11 is 0. The molecule has 0 saturated carbocycles. The topological polar surface area (TPSA) is 288 Å². The Balaban J connectivity index is 1.95. The normalized spacial score (nSPS) is 12.0. The number of aliphatic carboxylic acids is 2. The highest BCUT2D eigenvalue weighted by Gasteiger charge is 2.20. The van der Waals surface area contributed by atoms with E-state index >= 15 is 0 Å². The van der Waals surface area contributed by atoms with Gasteiger partial charge in [-0.15, -0.1) is 0 Å². The molecule has 19 heteroatoms. The lowest BCUT2D eigenvalue weighted by Crippen LogP contribution is -2.52. The van der Waals surface area contributed by atoms with E-state index in [1.165, 1.54) is 38.5 Å². The zero-order valence-electron chi connectivity index (χ0n) is 41.2. The van der Waals surface area contributed by atoms with E-state index in [-0.39, 0.29) is 102 Å². The smallest absolute Gasteiger partial charge is 0.341 e. The van der Waals surface area contributed by atoms with Crippen LogP contribution in [0.25, 0.3) is 0 Å². The minimum Gasteiger partial charge on any atom is -0.481 e. The van der Waals surface area contributed by atoms with Crippen LogP contribution in [-0.4, -0.2) is 135 Å². The number of Topliss-reactive ketones (excluding diaryl/α,β-unsaturated/α-hetero) is 2. The Morgan fingerprint density at radius 1 is 0.536 bits per heavy atom. The molecule has 0 aliphatic rings. The van der Waals surface area contributed by atoms with Gasteiger partial charge >= 0.3 is 11.9 Å². The monoisotopic (exact) mass is 978 g/mol. The molecule has 2 unspecified atom stereocenters. The Kier molecular flexibility index (Phi) is 37.9. The Labute approximate surface area is 408 Å². The number of nitrogens with one attached hydrogen (secondary N) is 4. The average molecular weight is 978 g/mol. The third kappa shape index (κ3) is 37.7. The second-order valence-corrected chi connectivity index (χ2v) is 17.3. The largest absolute Gasteiger partial charge is 0.481 e. The first-order valence-electron chi connectivity index (χ1n) is 25.0. The van der Waals surface area contributed by atoms with Crippen LogP contribution in [0.5, 0.6) is 0 Å². The third-order valence-electron chi connectivity index (χ3n) is 11.0. The summed E-state index contributed by atoms with van der Waals surface area (Å²) in [5, 5.41) is 28.6. The van der Waals surface area contributed by atoms with E-state index in [0.717, 1.165) is 50.5 Å². The molecule has 392 valence electrons. The summed E-state index contributed by atoms with van der Waals surface area (Å²) in [6.45, 7) is 3.15. The number of amides is 4. The van der Waals surface area contributed by atoms with Crippen molar-refractivity contribution in [2.24, 2.45) is 5.73 Å². The second kappa shape index (κ2) is 42.1. The van der Waals surface area contributed by atoms with Crippen LogP contribution in [0.4, 0.5) is 0 Å². The van der Waals surface area contributed by atoms with Crippen LogP contribution in [0.1, 0.15) is 164 Å². The number of carboxylic acids is 2. The van der Waals surface area contributed by atoms with E-state index in [2.05, 4.69) is 21.3 Å².